The van der Waals surface area contributed by atoms with Gasteiger partial charge in [0.2, 0.25) is 5.88 Å². The van der Waals surface area contributed by atoms with Gasteiger partial charge in [-0.25, -0.2) is 4.98 Å². The van der Waals surface area contributed by atoms with E-state index in [2.05, 4.69) is 20.9 Å². The summed E-state index contributed by atoms with van der Waals surface area (Å²) < 4.78 is 6.58. The lowest BCUT2D eigenvalue weighted by Gasteiger charge is -2.26. The first kappa shape index (κ1) is 9.93. The summed E-state index contributed by atoms with van der Waals surface area (Å²) in [7, 11) is 0. The molecule has 0 atom stereocenters. The van der Waals surface area contributed by atoms with Crippen molar-refractivity contribution in [3.8, 4) is 5.88 Å². The summed E-state index contributed by atoms with van der Waals surface area (Å²) in [5.74, 6) is 0.687. The Labute approximate surface area is 91.8 Å². The molecule has 1 aromatic rings. The number of pyridine rings is 1. The zero-order chi connectivity index (χ0) is 9.97. The minimum atomic E-state index is 0.363. The standard InChI is InChI=1S/C10H13BrN2O/c11-9-4-7(5-12)6-13-10(9)14-8-2-1-3-8/h4,6,8H,1-3,5,12H2. The molecule has 1 fully saturated rings. The summed E-state index contributed by atoms with van der Waals surface area (Å²) in [5.41, 5.74) is 6.52. The third-order valence-electron chi connectivity index (χ3n) is 2.43. The van der Waals surface area contributed by atoms with E-state index in [0.29, 0.717) is 18.5 Å². The molecule has 0 bridgehead atoms. The second-order valence-corrected chi connectivity index (χ2v) is 4.36. The number of hydrogen-bond acceptors (Lipinski definition) is 3. The highest BCUT2D eigenvalue weighted by Crippen LogP contribution is 2.29. The topological polar surface area (TPSA) is 48.1 Å². The summed E-state index contributed by atoms with van der Waals surface area (Å²) in [4.78, 5) is 4.22. The van der Waals surface area contributed by atoms with Gasteiger partial charge in [-0.15, -0.1) is 0 Å². The van der Waals surface area contributed by atoms with Gasteiger partial charge in [0.05, 0.1) is 4.47 Å². The van der Waals surface area contributed by atoms with Crippen molar-refractivity contribution in [2.75, 3.05) is 0 Å². The van der Waals surface area contributed by atoms with Gasteiger partial charge in [0, 0.05) is 12.7 Å². The van der Waals surface area contributed by atoms with Crippen LogP contribution >= 0.6 is 15.9 Å². The summed E-state index contributed by atoms with van der Waals surface area (Å²) in [5, 5.41) is 0. The molecule has 0 aliphatic heterocycles. The molecule has 0 saturated heterocycles. The van der Waals surface area contributed by atoms with E-state index in [1.54, 1.807) is 6.20 Å². The third kappa shape index (κ3) is 2.07. The molecule has 0 spiro atoms. The zero-order valence-electron chi connectivity index (χ0n) is 7.87. The maximum atomic E-state index is 5.68. The van der Waals surface area contributed by atoms with Crippen LogP contribution in [0.1, 0.15) is 24.8 Å². The molecule has 1 heterocycles. The number of aromatic nitrogens is 1. The number of nitrogens with zero attached hydrogens (tertiary/aromatic N) is 1. The van der Waals surface area contributed by atoms with Gasteiger partial charge >= 0.3 is 0 Å². The highest BCUT2D eigenvalue weighted by atomic mass is 79.9. The van der Waals surface area contributed by atoms with Crippen LogP contribution in [-0.4, -0.2) is 11.1 Å². The van der Waals surface area contributed by atoms with Crippen LogP contribution in [0.15, 0.2) is 16.7 Å². The molecular weight excluding hydrogens is 244 g/mol. The van der Waals surface area contributed by atoms with E-state index in [4.69, 9.17) is 10.5 Å². The predicted octanol–water partition coefficient (Wildman–Crippen LogP) is 2.23. The number of halogens is 1. The quantitative estimate of drug-likeness (QED) is 0.903. The van der Waals surface area contributed by atoms with Crippen LogP contribution in [0.3, 0.4) is 0 Å². The molecule has 14 heavy (non-hydrogen) atoms. The van der Waals surface area contributed by atoms with Gasteiger partial charge in [0.1, 0.15) is 6.10 Å². The molecule has 1 aliphatic rings. The van der Waals surface area contributed by atoms with E-state index in [-0.39, 0.29) is 0 Å². The molecule has 0 aromatic carbocycles. The van der Waals surface area contributed by atoms with Gasteiger partial charge in [0.15, 0.2) is 0 Å². The molecule has 2 rings (SSSR count). The van der Waals surface area contributed by atoms with Gasteiger partial charge in [-0.2, -0.15) is 0 Å². The fourth-order valence-electron chi connectivity index (χ4n) is 1.31. The second-order valence-electron chi connectivity index (χ2n) is 3.51. The lowest BCUT2D eigenvalue weighted by atomic mass is 9.96. The Morgan fingerprint density at radius 3 is 2.86 bits per heavy atom. The first-order valence-electron chi connectivity index (χ1n) is 4.80. The first-order valence-corrected chi connectivity index (χ1v) is 5.60. The van der Waals surface area contributed by atoms with Gasteiger partial charge < -0.3 is 10.5 Å². The summed E-state index contributed by atoms with van der Waals surface area (Å²) in [6, 6.07) is 1.96. The van der Waals surface area contributed by atoms with Crippen LogP contribution in [-0.2, 0) is 6.54 Å². The third-order valence-corrected chi connectivity index (χ3v) is 3.00. The summed E-state index contributed by atoms with van der Waals surface area (Å²) >= 11 is 3.43. The van der Waals surface area contributed by atoms with Crippen molar-refractivity contribution < 1.29 is 4.74 Å². The van der Waals surface area contributed by atoms with E-state index >= 15 is 0 Å². The lowest BCUT2D eigenvalue weighted by molar-refractivity contribution is 0.113. The minimum Gasteiger partial charge on any atom is -0.474 e. The van der Waals surface area contributed by atoms with E-state index in [9.17, 15) is 0 Å². The fourth-order valence-corrected chi connectivity index (χ4v) is 1.80. The van der Waals surface area contributed by atoms with E-state index in [1.165, 1.54) is 6.42 Å². The van der Waals surface area contributed by atoms with Crippen molar-refractivity contribution in [1.29, 1.82) is 0 Å². The van der Waals surface area contributed by atoms with Crippen LogP contribution < -0.4 is 10.5 Å². The Morgan fingerprint density at radius 1 is 1.57 bits per heavy atom. The monoisotopic (exact) mass is 256 g/mol. The van der Waals surface area contributed by atoms with Gasteiger partial charge in [-0.1, -0.05) is 0 Å². The Kier molecular flexibility index (Phi) is 3.03. The number of nitrogens with two attached hydrogens (primary N) is 1. The van der Waals surface area contributed by atoms with Crippen molar-refractivity contribution in [3.05, 3.63) is 22.3 Å². The molecule has 76 valence electrons. The largest absolute Gasteiger partial charge is 0.474 e. The van der Waals surface area contributed by atoms with E-state index in [0.717, 1.165) is 22.9 Å². The van der Waals surface area contributed by atoms with Crippen LogP contribution in [0.25, 0.3) is 0 Å². The molecule has 0 amide bonds. The number of rotatable bonds is 3. The number of hydrogen-bond donors (Lipinski definition) is 1. The minimum absolute atomic E-state index is 0.363. The molecule has 1 aromatic heterocycles. The van der Waals surface area contributed by atoms with Gasteiger partial charge in [-0.3, -0.25) is 0 Å². The van der Waals surface area contributed by atoms with Crippen molar-refractivity contribution in [3.63, 3.8) is 0 Å². The van der Waals surface area contributed by atoms with Crippen LogP contribution in [0.5, 0.6) is 5.88 Å². The summed E-state index contributed by atoms with van der Waals surface area (Å²) in [6.45, 7) is 0.509. The Balaban J connectivity index is 2.09. The van der Waals surface area contributed by atoms with Crippen LogP contribution in [0, 0.1) is 0 Å². The maximum Gasteiger partial charge on any atom is 0.228 e. The van der Waals surface area contributed by atoms with Crippen LogP contribution in [0.4, 0.5) is 0 Å². The van der Waals surface area contributed by atoms with Crippen molar-refractivity contribution >= 4 is 15.9 Å². The average molecular weight is 257 g/mol. The molecule has 0 unspecified atom stereocenters. The highest BCUT2D eigenvalue weighted by molar-refractivity contribution is 9.10. The van der Waals surface area contributed by atoms with Crippen LogP contribution in [0.2, 0.25) is 0 Å². The Morgan fingerprint density at radius 2 is 2.36 bits per heavy atom. The van der Waals surface area contributed by atoms with E-state index < -0.39 is 0 Å². The molecule has 1 saturated carbocycles. The maximum absolute atomic E-state index is 5.68. The van der Waals surface area contributed by atoms with E-state index in [1.807, 2.05) is 6.07 Å². The summed E-state index contributed by atoms with van der Waals surface area (Å²) in [6.07, 6.45) is 5.68. The SMILES string of the molecule is NCc1cnc(OC2CCC2)c(Br)c1. The fraction of sp³-hybridized carbons (Fsp3) is 0.500. The molecule has 4 heteroatoms. The lowest BCUT2D eigenvalue weighted by Crippen LogP contribution is -2.25. The second kappa shape index (κ2) is 4.28. The Hall–Kier alpha value is -0.610. The highest BCUT2D eigenvalue weighted by Gasteiger charge is 2.20. The molecule has 0 radical (unpaired) electrons. The van der Waals surface area contributed by atoms with Gasteiger partial charge in [0.25, 0.3) is 0 Å². The van der Waals surface area contributed by atoms with Gasteiger partial charge in [-0.05, 0) is 46.8 Å². The number of ether oxygens (including phenoxy) is 1. The normalized spacial score (nSPS) is 16.4. The molecule has 2 N–H and O–H groups in total. The smallest absolute Gasteiger partial charge is 0.228 e. The Bertz CT molecular complexity index is 326. The zero-order valence-corrected chi connectivity index (χ0v) is 9.46. The first-order chi connectivity index (χ1) is 6.79. The van der Waals surface area contributed by atoms with Crippen molar-refractivity contribution in [2.45, 2.75) is 31.9 Å². The molecule has 3 nitrogen and oxygen atoms in total. The van der Waals surface area contributed by atoms with Crippen molar-refractivity contribution in [1.82, 2.24) is 4.98 Å². The predicted molar refractivity (Wildman–Crippen MR) is 58.1 cm³/mol. The molecular formula is C10H13BrN2O. The average Bonchev–Trinajstić information content (AvgIpc) is 2.13. The van der Waals surface area contributed by atoms with Crippen molar-refractivity contribution in [2.24, 2.45) is 5.73 Å². The molecule has 1 aliphatic carbocycles.